The van der Waals surface area contributed by atoms with Crippen LogP contribution in [0, 0.1) is 0 Å². The third-order valence-electron chi connectivity index (χ3n) is 1.29. The molecule has 0 radical (unpaired) electrons. The number of hydrogen-bond acceptors (Lipinski definition) is 4. The van der Waals surface area contributed by atoms with Gasteiger partial charge in [0, 0.05) is 17.5 Å². The Balaban J connectivity index is 3.63. The molecule has 5 N–H and O–H groups in total. The first-order valence-corrected chi connectivity index (χ1v) is 4.44. The van der Waals surface area contributed by atoms with Crippen molar-refractivity contribution < 1.29 is 9.90 Å². The second-order valence-electron chi connectivity index (χ2n) is 2.23. The topological polar surface area (TPSA) is 89.3 Å². The molecule has 4 nitrogen and oxygen atoms in total. The van der Waals surface area contributed by atoms with Gasteiger partial charge in [-0.25, -0.2) is 0 Å². The van der Waals surface area contributed by atoms with Gasteiger partial charge in [0.15, 0.2) is 0 Å². The van der Waals surface area contributed by atoms with Gasteiger partial charge in [0.25, 0.3) is 0 Å². The first kappa shape index (κ1) is 10.7. The summed E-state index contributed by atoms with van der Waals surface area (Å²) in [6.07, 6.45) is 0. The van der Waals surface area contributed by atoms with Gasteiger partial charge in [0.05, 0.1) is 0 Å². The molecule has 0 bridgehead atoms. The van der Waals surface area contributed by atoms with Gasteiger partial charge in [-0.15, -0.1) is 0 Å². The van der Waals surface area contributed by atoms with E-state index in [0.29, 0.717) is 6.54 Å². The Labute approximate surface area is 70.3 Å². The summed E-state index contributed by atoms with van der Waals surface area (Å²) in [4.78, 5) is 10.3. The molecule has 0 aliphatic heterocycles. The number of carboxylic acids is 1. The van der Waals surface area contributed by atoms with E-state index in [0.717, 1.165) is 5.75 Å². The molecule has 0 fully saturated rings. The van der Waals surface area contributed by atoms with Crippen LogP contribution in [0.15, 0.2) is 0 Å². The average Bonchev–Trinajstić information content (AvgIpc) is 1.98. The molecule has 5 heteroatoms. The maximum atomic E-state index is 10.3. The lowest BCUT2D eigenvalue weighted by Crippen LogP contribution is -2.38. The zero-order chi connectivity index (χ0) is 8.85. The lowest BCUT2D eigenvalue weighted by atomic mass is 10.2. The van der Waals surface area contributed by atoms with Crippen LogP contribution in [0.5, 0.6) is 0 Å². The monoisotopic (exact) mass is 178 g/mol. The van der Waals surface area contributed by atoms with Crippen LogP contribution in [0.25, 0.3) is 0 Å². The minimum absolute atomic E-state index is 0.0731. The van der Waals surface area contributed by atoms with Crippen molar-refractivity contribution in [2.45, 2.75) is 18.2 Å². The van der Waals surface area contributed by atoms with Crippen molar-refractivity contribution in [3.63, 3.8) is 0 Å². The van der Waals surface area contributed by atoms with Crippen LogP contribution in [0.4, 0.5) is 0 Å². The van der Waals surface area contributed by atoms with Gasteiger partial charge in [0.2, 0.25) is 0 Å². The second kappa shape index (κ2) is 5.40. The van der Waals surface area contributed by atoms with E-state index >= 15 is 0 Å². The standard InChI is InChI=1S/C6H14N2O2S/c1-4(11-3-2-7)5(8)6(9)10/h4-5H,2-3,7-8H2,1H3,(H,9,10)/t4?,5-/m0/s1. The van der Waals surface area contributed by atoms with Gasteiger partial charge < -0.3 is 16.6 Å². The Morgan fingerprint density at radius 2 is 2.27 bits per heavy atom. The Morgan fingerprint density at radius 3 is 2.64 bits per heavy atom. The molecule has 0 saturated carbocycles. The fourth-order valence-electron chi connectivity index (χ4n) is 0.558. The number of rotatable bonds is 5. The van der Waals surface area contributed by atoms with Gasteiger partial charge in [-0.1, -0.05) is 6.92 Å². The van der Waals surface area contributed by atoms with E-state index < -0.39 is 12.0 Å². The fourth-order valence-corrected chi connectivity index (χ4v) is 1.39. The van der Waals surface area contributed by atoms with Crippen molar-refractivity contribution in [2.24, 2.45) is 11.5 Å². The predicted molar refractivity (Wildman–Crippen MR) is 46.6 cm³/mol. The summed E-state index contributed by atoms with van der Waals surface area (Å²) in [7, 11) is 0. The van der Waals surface area contributed by atoms with Crippen LogP contribution >= 0.6 is 11.8 Å². The molecule has 0 heterocycles. The summed E-state index contributed by atoms with van der Waals surface area (Å²) in [6.45, 7) is 2.35. The number of aliphatic carboxylic acids is 1. The van der Waals surface area contributed by atoms with E-state index in [1.807, 2.05) is 0 Å². The Hall–Kier alpha value is -0.260. The summed E-state index contributed by atoms with van der Waals surface area (Å²) in [6, 6.07) is -0.786. The molecule has 66 valence electrons. The van der Waals surface area contributed by atoms with E-state index in [4.69, 9.17) is 16.6 Å². The molecule has 2 atom stereocenters. The van der Waals surface area contributed by atoms with Crippen LogP contribution in [0.1, 0.15) is 6.92 Å². The number of hydrogen-bond donors (Lipinski definition) is 3. The third kappa shape index (κ3) is 4.23. The SMILES string of the molecule is CC(SCCN)[C@H](N)C(=O)O. The molecular formula is C6H14N2O2S. The first-order valence-electron chi connectivity index (χ1n) is 3.39. The highest BCUT2D eigenvalue weighted by Crippen LogP contribution is 2.11. The van der Waals surface area contributed by atoms with Crippen LogP contribution in [-0.4, -0.2) is 34.7 Å². The minimum Gasteiger partial charge on any atom is -0.480 e. The zero-order valence-corrected chi connectivity index (χ0v) is 7.30. The van der Waals surface area contributed by atoms with Gasteiger partial charge >= 0.3 is 5.97 Å². The molecule has 0 amide bonds. The summed E-state index contributed by atoms with van der Waals surface area (Å²) >= 11 is 1.48. The third-order valence-corrected chi connectivity index (χ3v) is 2.58. The van der Waals surface area contributed by atoms with Crippen molar-refractivity contribution >= 4 is 17.7 Å². The molecule has 0 rings (SSSR count). The number of thioether (sulfide) groups is 1. The number of carbonyl (C=O) groups is 1. The van der Waals surface area contributed by atoms with E-state index in [9.17, 15) is 4.79 Å². The van der Waals surface area contributed by atoms with Crippen LogP contribution in [0.3, 0.4) is 0 Å². The molecule has 0 aliphatic rings. The molecule has 0 aliphatic carbocycles. The highest BCUT2D eigenvalue weighted by molar-refractivity contribution is 8.00. The van der Waals surface area contributed by atoms with E-state index in [1.165, 1.54) is 11.8 Å². The van der Waals surface area contributed by atoms with Gasteiger partial charge in [-0.2, -0.15) is 11.8 Å². The highest BCUT2D eigenvalue weighted by atomic mass is 32.2. The maximum Gasteiger partial charge on any atom is 0.321 e. The smallest absolute Gasteiger partial charge is 0.321 e. The normalized spacial score (nSPS) is 15.9. The predicted octanol–water partition coefficient (Wildman–Crippen LogP) is -0.521. The molecule has 0 spiro atoms. The Morgan fingerprint density at radius 1 is 1.73 bits per heavy atom. The summed E-state index contributed by atoms with van der Waals surface area (Å²) < 4.78 is 0. The van der Waals surface area contributed by atoms with Crippen molar-refractivity contribution in [3.05, 3.63) is 0 Å². The Kier molecular flexibility index (Phi) is 5.27. The van der Waals surface area contributed by atoms with Crippen molar-refractivity contribution in [3.8, 4) is 0 Å². The van der Waals surface area contributed by atoms with Crippen molar-refractivity contribution in [1.29, 1.82) is 0 Å². The van der Waals surface area contributed by atoms with Crippen molar-refractivity contribution in [1.82, 2.24) is 0 Å². The summed E-state index contributed by atoms with van der Waals surface area (Å²) in [5.41, 5.74) is 10.6. The number of carboxylic acid groups (broad SMARTS) is 1. The largest absolute Gasteiger partial charge is 0.480 e. The van der Waals surface area contributed by atoms with Gasteiger partial charge in [-0.05, 0) is 0 Å². The Bertz CT molecular complexity index is 132. The average molecular weight is 178 g/mol. The van der Waals surface area contributed by atoms with Crippen LogP contribution in [-0.2, 0) is 4.79 Å². The zero-order valence-electron chi connectivity index (χ0n) is 6.49. The summed E-state index contributed by atoms with van der Waals surface area (Å²) in [5, 5.41) is 8.41. The summed E-state index contributed by atoms with van der Waals surface area (Å²) in [5.74, 6) is -0.204. The van der Waals surface area contributed by atoms with Gasteiger partial charge in [-0.3, -0.25) is 4.79 Å². The minimum atomic E-state index is -0.956. The lowest BCUT2D eigenvalue weighted by Gasteiger charge is -2.14. The quantitative estimate of drug-likeness (QED) is 0.527. The maximum absolute atomic E-state index is 10.3. The second-order valence-corrected chi connectivity index (χ2v) is 3.71. The van der Waals surface area contributed by atoms with Crippen molar-refractivity contribution in [2.75, 3.05) is 12.3 Å². The molecule has 0 aromatic rings. The fraction of sp³-hybridized carbons (Fsp3) is 0.833. The molecule has 0 aromatic carbocycles. The molecule has 0 saturated heterocycles. The lowest BCUT2D eigenvalue weighted by molar-refractivity contribution is -0.138. The molecular weight excluding hydrogens is 164 g/mol. The molecule has 1 unspecified atom stereocenters. The van der Waals surface area contributed by atoms with E-state index in [2.05, 4.69) is 0 Å². The number of nitrogens with two attached hydrogens (primary N) is 2. The van der Waals surface area contributed by atoms with Crippen LogP contribution in [0.2, 0.25) is 0 Å². The van der Waals surface area contributed by atoms with E-state index in [-0.39, 0.29) is 5.25 Å². The van der Waals surface area contributed by atoms with E-state index in [1.54, 1.807) is 6.92 Å². The molecule has 0 aromatic heterocycles. The highest BCUT2D eigenvalue weighted by Gasteiger charge is 2.19. The first-order chi connectivity index (χ1) is 5.09. The van der Waals surface area contributed by atoms with Gasteiger partial charge in [0.1, 0.15) is 6.04 Å². The van der Waals surface area contributed by atoms with Crippen LogP contribution < -0.4 is 11.5 Å². The molecule has 11 heavy (non-hydrogen) atoms.